The minimum absolute atomic E-state index is 0.0101. The summed E-state index contributed by atoms with van der Waals surface area (Å²) in [5.74, 6) is 0.0239. The third-order valence-corrected chi connectivity index (χ3v) is 5.23. The monoisotopic (exact) mass is 299 g/mol. The molecule has 0 aromatic heterocycles. The number of aliphatic hydroxyl groups excluding tert-OH is 1. The van der Waals surface area contributed by atoms with Crippen molar-refractivity contribution < 1.29 is 13.5 Å². The van der Waals surface area contributed by atoms with E-state index in [1.807, 2.05) is 26.8 Å². The molecule has 0 heterocycles. The van der Waals surface area contributed by atoms with E-state index in [4.69, 9.17) is 5.11 Å². The highest BCUT2D eigenvalue weighted by atomic mass is 32.2. The van der Waals surface area contributed by atoms with E-state index in [1.165, 1.54) is 0 Å². The van der Waals surface area contributed by atoms with Crippen LogP contribution in [0.1, 0.15) is 30.9 Å². The van der Waals surface area contributed by atoms with Crippen molar-refractivity contribution in [3.63, 3.8) is 0 Å². The Bertz CT molecular complexity index is 526. The molecule has 0 saturated carbocycles. The Morgan fingerprint density at radius 3 is 2.50 bits per heavy atom. The number of rotatable bonds is 8. The van der Waals surface area contributed by atoms with Crippen molar-refractivity contribution in [2.24, 2.45) is 0 Å². The summed E-state index contributed by atoms with van der Waals surface area (Å²) in [7, 11) is -3.32. The summed E-state index contributed by atoms with van der Waals surface area (Å²) in [6.07, 6.45) is 1.38. The molecule has 0 aliphatic carbocycles. The van der Waals surface area contributed by atoms with Crippen LogP contribution in [0.5, 0.6) is 0 Å². The van der Waals surface area contributed by atoms with Crippen molar-refractivity contribution in [3.05, 3.63) is 29.3 Å². The van der Waals surface area contributed by atoms with Crippen molar-refractivity contribution >= 4 is 9.84 Å². The van der Waals surface area contributed by atoms with Gasteiger partial charge in [-0.2, -0.15) is 0 Å². The second kappa shape index (κ2) is 7.76. The Morgan fingerprint density at radius 1 is 1.25 bits per heavy atom. The minimum Gasteiger partial charge on any atom is -0.396 e. The SMILES string of the molecule is CCCNC(CCO)CS(=O)(=O)c1ccc(C)c(C)c1. The van der Waals surface area contributed by atoms with E-state index in [9.17, 15) is 8.42 Å². The summed E-state index contributed by atoms with van der Waals surface area (Å²) in [6.45, 7) is 6.65. The number of hydrogen-bond acceptors (Lipinski definition) is 4. The molecule has 4 nitrogen and oxygen atoms in total. The summed E-state index contributed by atoms with van der Waals surface area (Å²) in [5, 5.41) is 12.2. The van der Waals surface area contributed by atoms with E-state index in [1.54, 1.807) is 12.1 Å². The zero-order valence-corrected chi connectivity index (χ0v) is 13.3. The summed E-state index contributed by atoms with van der Waals surface area (Å²) in [6, 6.07) is 5.02. The zero-order valence-electron chi connectivity index (χ0n) is 12.5. The molecule has 1 atom stereocenters. The van der Waals surface area contributed by atoms with E-state index < -0.39 is 9.84 Å². The first kappa shape index (κ1) is 17.1. The Hall–Kier alpha value is -0.910. The van der Waals surface area contributed by atoms with Crippen molar-refractivity contribution in [2.75, 3.05) is 18.9 Å². The molecule has 0 aliphatic rings. The van der Waals surface area contributed by atoms with Crippen LogP contribution in [-0.4, -0.2) is 38.5 Å². The van der Waals surface area contributed by atoms with Crippen LogP contribution in [0.25, 0.3) is 0 Å². The van der Waals surface area contributed by atoms with Gasteiger partial charge in [0.15, 0.2) is 9.84 Å². The second-order valence-corrected chi connectivity index (χ2v) is 7.23. The fraction of sp³-hybridized carbons (Fsp3) is 0.600. The lowest BCUT2D eigenvalue weighted by Gasteiger charge is -2.18. The lowest BCUT2D eigenvalue weighted by Crippen LogP contribution is -2.37. The molecule has 0 amide bonds. The Labute approximate surface area is 122 Å². The largest absolute Gasteiger partial charge is 0.396 e. The third-order valence-electron chi connectivity index (χ3n) is 3.42. The molecule has 1 unspecified atom stereocenters. The predicted molar refractivity (Wildman–Crippen MR) is 81.8 cm³/mol. The lowest BCUT2D eigenvalue weighted by atomic mass is 10.1. The fourth-order valence-electron chi connectivity index (χ4n) is 2.02. The molecule has 1 aromatic rings. The smallest absolute Gasteiger partial charge is 0.179 e. The molecule has 1 rings (SSSR count). The molecule has 0 radical (unpaired) electrons. The number of benzene rings is 1. The Balaban J connectivity index is 2.87. The number of aryl methyl sites for hydroxylation is 2. The maximum absolute atomic E-state index is 12.4. The average Bonchev–Trinajstić information content (AvgIpc) is 2.39. The van der Waals surface area contributed by atoms with Crippen LogP contribution in [0.2, 0.25) is 0 Å². The standard InChI is InChI=1S/C15H25NO3S/c1-4-8-16-14(7-9-17)11-20(18,19)15-6-5-12(2)13(3)10-15/h5-6,10,14,16-17H,4,7-9,11H2,1-3H3. The minimum atomic E-state index is -3.32. The molecule has 0 saturated heterocycles. The molecular weight excluding hydrogens is 274 g/mol. The van der Waals surface area contributed by atoms with Crippen LogP contribution >= 0.6 is 0 Å². The van der Waals surface area contributed by atoms with Gasteiger partial charge in [0.2, 0.25) is 0 Å². The van der Waals surface area contributed by atoms with Gasteiger partial charge >= 0.3 is 0 Å². The fourth-order valence-corrected chi connectivity index (χ4v) is 3.66. The molecule has 0 bridgehead atoms. The quantitative estimate of drug-likeness (QED) is 0.768. The van der Waals surface area contributed by atoms with Gasteiger partial charge in [0.25, 0.3) is 0 Å². The van der Waals surface area contributed by atoms with E-state index in [-0.39, 0.29) is 18.4 Å². The van der Waals surface area contributed by atoms with Gasteiger partial charge in [-0.1, -0.05) is 13.0 Å². The maximum atomic E-state index is 12.4. The number of hydrogen-bond donors (Lipinski definition) is 2. The zero-order chi connectivity index (χ0) is 15.2. The summed E-state index contributed by atoms with van der Waals surface area (Å²) in [5.41, 5.74) is 2.06. The van der Waals surface area contributed by atoms with Gasteiger partial charge in [-0.05, 0) is 56.5 Å². The van der Waals surface area contributed by atoms with Crippen molar-refractivity contribution in [1.82, 2.24) is 5.32 Å². The van der Waals surface area contributed by atoms with Crippen molar-refractivity contribution in [2.45, 2.75) is 44.6 Å². The van der Waals surface area contributed by atoms with Gasteiger partial charge in [-0.3, -0.25) is 0 Å². The highest BCUT2D eigenvalue weighted by Gasteiger charge is 2.21. The molecule has 2 N–H and O–H groups in total. The number of sulfone groups is 1. The first-order valence-corrected chi connectivity index (χ1v) is 8.70. The van der Waals surface area contributed by atoms with Gasteiger partial charge in [0, 0.05) is 12.6 Å². The van der Waals surface area contributed by atoms with Gasteiger partial charge in [0.1, 0.15) is 0 Å². The number of nitrogens with one attached hydrogen (secondary N) is 1. The van der Waals surface area contributed by atoms with Crippen LogP contribution in [0.4, 0.5) is 0 Å². The molecule has 0 aliphatic heterocycles. The predicted octanol–water partition coefficient (Wildman–Crippen LogP) is 1.83. The highest BCUT2D eigenvalue weighted by molar-refractivity contribution is 7.91. The van der Waals surface area contributed by atoms with Crippen LogP contribution < -0.4 is 5.32 Å². The highest BCUT2D eigenvalue weighted by Crippen LogP contribution is 2.17. The Kier molecular flexibility index (Phi) is 6.65. The maximum Gasteiger partial charge on any atom is 0.179 e. The lowest BCUT2D eigenvalue weighted by molar-refractivity contribution is 0.269. The molecule has 0 spiro atoms. The molecule has 20 heavy (non-hydrogen) atoms. The van der Waals surface area contributed by atoms with E-state index in [2.05, 4.69) is 5.32 Å². The van der Waals surface area contributed by atoms with Gasteiger partial charge in [-0.15, -0.1) is 0 Å². The van der Waals surface area contributed by atoms with Gasteiger partial charge in [-0.25, -0.2) is 8.42 Å². The average molecular weight is 299 g/mol. The van der Waals surface area contributed by atoms with Crippen LogP contribution in [0.3, 0.4) is 0 Å². The van der Waals surface area contributed by atoms with Crippen LogP contribution in [0, 0.1) is 13.8 Å². The topological polar surface area (TPSA) is 66.4 Å². The third kappa shape index (κ3) is 4.89. The Morgan fingerprint density at radius 2 is 1.95 bits per heavy atom. The summed E-state index contributed by atoms with van der Waals surface area (Å²) < 4.78 is 24.8. The van der Waals surface area contributed by atoms with Crippen LogP contribution in [0.15, 0.2) is 23.1 Å². The summed E-state index contributed by atoms with van der Waals surface area (Å²) >= 11 is 0. The first-order chi connectivity index (χ1) is 9.40. The van der Waals surface area contributed by atoms with Gasteiger partial charge < -0.3 is 10.4 Å². The van der Waals surface area contributed by atoms with Crippen molar-refractivity contribution in [3.8, 4) is 0 Å². The molecular formula is C15H25NO3S. The number of aliphatic hydroxyl groups is 1. The molecule has 5 heteroatoms. The van der Waals surface area contributed by atoms with Crippen LogP contribution in [-0.2, 0) is 9.84 Å². The van der Waals surface area contributed by atoms with E-state index in [0.717, 1.165) is 24.1 Å². The summed E-state index contributed by atoms with van der Waals surface area (Å²) in [4.78, 5) is 0.363. The van der Waals surface area contributed by atoms with E-state index in [0.29, 0.717) is 11.3 Å². The second-order valence-electron chi connectivity index (χ2n) is 5.19. The molecule has 114 valence electrons. The molecule has 0 fully saturated rings. The van der Waals surface area contributed by atoms with E-state index >= 15 is 0 Å². The van der Waals surface area contributed by atoms with Gasteiger partial charge in [0.05, 0.1) is 10.6 Å². The van der Waals surface area contributed by atoms with Crippen molar-refractivity contribution in [1.29, 1.82) is 0 Å². The molecule has 1 aromatic carbocycles. The normalized spacial score (nSPS) is 13.4. The first-order valence-electron chi connectivity index (χ1n) is 7.05.